The molecule has 0 spiro atoms. The number of aromatic nitrogens is 3. The summed E-state index contributed by atoms with van der Waals surface area (Å²) in [7, 11) is -0.898. The quantitative estimate of drug-likeness (QED) is 0.712. The Morgan fingerprint density at radius 2 is 2.33 bits per heavy atom. The molecule has 0 radical (unpaired) electrons. The Morgan fingerprint density at radius 1 is 1.60 bits per heavy atom. The van der Waals surface area contributed by atoms with Crippen LogP contribution in [0.4, 0.5) is 0 Å². The van der Waals surface area contributed by atoms with Crippen molar-refractivity contribution in [1.82, 2.24) is 20.5 Å². The fourth-order valence-corrected chi connectivity index (χ4v) is 1.33. The molecule has 0 saturated heterocycles. The highest BCUT2D eigenvalue weighted by Crippen LogP contribution is 1.92. The van der Waals surface area contributed by atoms with Crippen LogP contribution in [0, 0.1) is 0 Å². The Balaban J connectivity index is 2.43. The predicted molar refractivity (Wildman–Crippen MR) is 57.0 cm³/mol. The third-order valence-corrected chi connectivity index (χ3v) is 2.52. The van der Waals surface area contributed by atoms with Crippen LogP contribution in [0.1, 0.15) is 23.4 Å². The van der Waals surface area contributed by atoms with Crippen LogP contribution in [-0.4, -0.2) is 43.9 Å². The summed E-state index contributed by atoms with van der Waals surface area (Å²) in [5, 5.41) is 9.00. The van der Waals surface area contributed by atoms with Crippen molar-refractivity contribution < 1.29 is 9.00 Å². The first kappa shape index (κ1) is 11.8. The molecule has 84 valence electrons. The average Bonchev–Trinajstić information content (AvgIpc) is 2.65. The van der Waals surface area contributed by atoms with Gasteiger partial charge in [0.2, 0.25) is 5.82 Å². The van der Waals surface area contributed by atoms with Crippen molar-refractivity contribution in [3.8, 4) is 0 Å². The molecule has 0 aliphatic carbocycles. The third-order valence-electron chi connectivity index (χ3n) is 1.74. The first-order valence-corrected chi connectivity index (χ1v) is 6.35. The van der Waals surface area contributed by atoms with Crippen molar-refractivity contribution >= 4 is 16.7 Å². The summed E-state index contributed by atoms with van der Waals surface area (Å²) in [5.74, 6) is 0.918. The first-order valence-electron chi connectivity index (χ1n) is 4.63. The zero-order valence-electron chi connectivity index (χ0n) is 8.74. The molecule has 15 heavy (non-hydrogen) atoms. The average molecular weight is 230 g/mol. The standard InChI is InChI=1S/C8H14N4O2S/c1-3-6-10-7(12-11-6)8(13)9-4-5-15(2)14/h3-5H2,1-2H3,(H,9,13)(H,10,11,12). The fourth-order valence-electron chi connectivity index (χ4n) is 0.942. The minimum absolute atomic E-state index is 0.133. The molecule has 1 aromatic rings. The summed E-state index contributed by atoms with van der Waals surface area (Å²) in [6.45, 7) is 2.29. The van der Waals surface area contributed by atoms with Gasteiger partial charge in [0, 0.05) is 35.8 Å². The van der Waals surface area contributed by atoms with Gasteiger partial charge in [-0.25, -0.2) is 4.98 Å². The first-order chi connectivity index (χ1) is 7.13. The van der Waals surface area contributed by atoms with Crippen LogP contribution in [0.5, 0.6) is 0 Å². The van der Waals surface area contributed by atoms with Crippen molar-refractivity contribution in [1.29, 1.82) is 0 Å². The zero-order chi connectivity index (χ0) is 11.3. The van der Waals surface area contributed by atoms with Crippen LogP contribution in [0.2, 0.25) is 0 Å². The highest BCUT2D eigenvalue weighted by molar-refractivity contribution is 7.84. The van der Waals surface area contributed by atoms with E-state index in [0.717, 1.165) is 0 Å². The summed E-state index contributed by atoms with van der Waals surface area (Å²) in [6.07, 6.45) is 2.30. The molecule has 2 N–H and O–H groups in total. The number of hydrogen-bond donors (Lipinski definition) is 2. The van der Waals surface area contributed by atoms with E-state index >= 15 is 0 Å². The maximum absolute atomic E-state index is 11.4. The van der Waals surface area contributed by atoms with Gasteiger partial charge >= 0.3 is 0 Å². The summed E-state index contributed by atoms with van der Waals surface area (Å²) in [6, 6.07) is 0. The van der Waals surface area contributed by atoms with Gasteiger partial charge in [-0.15, -0.1) is 5.10 Å². The number of hydrogen-bond acceptors (Lipinski definition) is 4. The Morgan fingerprint density at radius 3 is 2.87 bits per heavy atom. The van der Waals surface area contributed by atoms with Gasteiger partial charge in [-0.2, -0.15) is 0 Å². The lowest BCUT2D eigenvalue weighted by Crippen LogP contribution is -2.28. The van der Waals surface area contributed by atoms with Crippen molar-refractivity contribution in [3.05, 3.63) is 11.6 Å². The van der Waals surface area contributed by atoms with Gasteiger partial charge < -0.3 is 5.32 Å². The summed E-state index contributed by atoms with van der Waals surface area (Å²) in [4.78, 5) is 15.4. The SMILES string of the molecule is CCc1nc(C(=O)NCCS(C)=O)n[nH]1. The number of nitrogens with zero attached hydrogens (tertiary/aromatic N) is 2. The number of aryl methyl sites for hydroxylation is 1. The molecule has 1 amide bonds. The van der Waals surface area contributed by atoms with Gasteiger partial charge in [0.05, 0.1) is 0 Å². The van der Waals surface area contributed by atoms with E-state index in [9.17, 15) is 9.00 Å². The molecule has 1 aromatic heterocycles. The highest BCUT2D eigenvalue weighted by Gasteiger charge is 2.10. The number of carbonyl (C=O) groups is 1. The lowest BCUT2D eigenvalue weighted by molar-refractivity contribution is 0.0946. The normalized spacial score (nSPS) is 12.4. The summed E-state index contributed by atoms with van der Waals surface area (Å²) in [5.41, 5.74) is 0. The van der Waals surface area contributed by atoms with Crippen LogP contribution in [0.3, 0.4) is 0 Å². The second-order valence-electron chi connectivity index (χ2n) is 2.99. The predicted octanol–water partition coefficient (Wildman–Crippen LogP) is -0.525. The summed E-state index contributed by atoms with van der Waals surface area (Å²) >= 11 is 0. The number of aromatic amines is 1. The molecule has 1 atom stereocenters. The van der Waals surface area contributed by atoms with E-state index in [0.29, 0.717) is 24.5 Å². The van der Waals surface area contributed by atoms with Gasteiger partial charge in [0.25, 0.3) is 5.91 Å². The van der Waals surface area contributed by atoms with Gasteiger partial charge in [-0.1, -0.05) is 6.92 Å². The Bertz CT molecular complexity index is 363. The van der Waals surface area contributed by atoms with Crippen LogP contribution >= 0.6 is 0 Å². The molecule has 1 unspecified atom stereocenters. The van der Waals surface area contributed by atoms with E-state index in [4.69, 9.17) is 0 Å². The molecule has 0 bridgehead atoms. The van der Waals surface area contributed by atoms with Gasteiger partial charge in [0.15, 0.2) is 0 Å². The maximum atomic E-state index is 11.4. The Hall–Kier alpha value is -1.24. The number of carbonyl (C=O) groups excluding carboxylic acids is 1. The van der Waals surface area contributed by atoms with E-state index < -0.39 is 10.8 Å². The molecular formula is C8H14N4O2S. The van der Waals surface area contributed by atoms with Crippen molar-refractivity contribution in [2.75, 3.05) is 18.6 Å². The van der Waals surface area contributed by atoms with Gasteiger partial charge in [0.1, 0.15) is 5.82 Å². The molecular weight excluding hydrogens is 216 g/mol. The summed E-state index contributed by atoms with van der Waals surface area (Å²) < 4.78 is 10.7. The maximum Gasteiger partial charge on any atom is 0.290 e. The fraction of sp³-hybridized carbons (Fsp3) is 0.625. The second-order valence-corrected chi connectivity index (χ2v) is 4.55. The van der Waals surface area contributed by atoms with Crippen LogP contribution < -0.4 is 5.32 Å². The van der Waals surface area contributed by atoms with Crippen LogP contribution in [-0.2, 0) is 17.2 Å². The number of nitrogens with one attached hydrogen (secondary N) is 2. The van der Waals surface area contributed by atoms with Gasteiger partial charge in [-0.05, 0) is 0 Å². The van der Waals surface area contributed by atoms with Crippen LogP contribution in [0.25, 0.3) is 0 Å². The molecule has 0 aliphatic rings. The van der Waals surface area contributed by atoms with E-state index in [1.807, 2.05) is 6.92 Å². The van der Waals surface area contributed by atoms with Crippen molar-refractivity contribution in [2.24, 2.45) is 0 Å². The minimum Gasteiger partial charge on any atom is -0.348 e. The lowest BCUT2D eigenvalue weighted by atomic mass is 10.5. The monoisotopic (exact) mass is 230 g/mol. The molecule has 1 rings (SSSR count). The van der Waals surface area contributed by atoms with Crippen LogP contribution in [0.15, 0.2) is 0 Å². The lowest BCUT2D eigenvalue weighted by Gasteiger charge is -1.99. The zero-order valence-corrected chi connectivity index (χ0v) is 9.56. The van der Waals surface area contributed by atoms with E-state index in [1.54, 1.807) is 6.26 Å². The minimum atomic E-state index is -0.898. The molecule has 0 fully saturated rings. The molecule has 1 heterocycles. The van der Waals surface area contributed by atoms with E-state index in [1.165, 1.54) is 0 Å². The van der Waals surface area contributed by atoms with Crippen molar-refractivity contribution in [3.63, 3.8) is 0 Å². The smallest absolute Gasteiger partial charge is 0.290 e. The molecule has 6 nitrogen and oxygen atoms in total. The third kappa shape index (κ3) is 3.78. The number of rotatable bonds is 5. The van der Waals surface area contributed by atoms with E-state index in [2.05, 4.69) is 20.5 Å². The highest BCUT2D eigenvalue weighted by atomic mass is 32.2. The van der Waals surface area contributed by atoms with Gasteiger partial charge in [-0.3, -0.25) is 14.1 Å². The van der Waals surface area contributed by atoms with Crippen molar-refractivity contribution in [2.45, 2.75) is 13.3 Å². The molecule has 0 aliphatic heterocycles. The molecule has 0 saturated carbocycles. The Labute approximate surface area is 90.3 Å². The van der Waals surface area contributed by atoms with E-state index in [-0.39, 0.29) is 11.7 Å². The molecule has 0 aromatic carbocycles. The largest absolute Gasteiger partial charge is 0.348 e. The Kier molecular flexibility index (Phi) is 4.41. The number of H-pyrrole nitrogens is 1. The topological polar surface area (TPSA) is 87.7 Å². The second kappa shape index (κ2) is 5.59. The number of amides is 1. The molecule has 7 heteroatoms.